The van der Waals surface area contributed by atoms with Gasteiger partial charge in [0.1, 0.15) is 5.82 Å². The number of aromatic amines is 1. The maximum absolute atomic E-state index is 13.5. The molecular formula is C23H25N5O2. The summed E-state index contributed by atoms with van der Waals surface area (Å²) in [6, 6.07) is 7.97. The molecule has 7 heteroatoms. The number of H-pyrrole nitrogens is 1. The lowest BCUT2D eigenvalue weighted by Crippen LogP contribution is -2.38. The van der Waals surface area contributed by atoms with Crippen molar-refractivity contribution in [3.63, 3.8) is 0 Å². The van der Waals surface area contributed by atoms with Crippen LogP contribution in [0.15, 0.2) is 35.1 Å². The zero-order chi connectivity index (χ0) is 20.3. The highest BCUT2D eigenvalue weighted by Crippen LogP contribution is 2.55. The largest absolute Gasteiger partial charge is 0.443 e. The molecule has 1 saturated heterocycles. The number of oxazole rings is 1. The molecule has 1 amide bonds. The number of hydrogen-bond acceptors (Lipinski definition) is 5. The van der Waals surface area contributed by atoms with Crippen molar-refractivity contribution < 1.29 is 9.21 Å². The summed E-state index contributed by atoms with van der Waals surface area (Å²) in [7, 11) is 0. The predicted octanol–water partition coefficient (Wildman–Crippen LogP) is 4.06. The molecule has 3 fully saturated rings. The van der Waals surface area contributed by atoms with E-state index in [0.717, 1.165) is 42.2 Å². The van der Waals surface area contributed by atoms with Gasteiger partial charge in [0.05, 0.1) is 0 Å². The highest BCUT2D eigenvalue weighted by atomic mass is 16.3. The van der Waals surface area contributed by atoms with E-state index in [1.807, 2.05) is 36.1 Å². The second kappa shape index (κ2) is 6.52. The van der Waals surface area contributed by atoms with Crippen molar-refractivity contribution in [1.29, 1.82) is 0 Å². The SMILES string of the molecule is Cc1cccc(-c2ocnc2C(=O)N2CC(c3nc(C4CC4)n[nH]3)C3(CCC3)C2)c1. The van der Waals surface area contributed by atoms with Gasteiger partial charge in [0.15, 0.2) is 23.7 Å². The number of aryl methyl sites for hydroxylation is 1. The molecule has 2 aromatic heterocycles. The minimum absolute atomic E-state index is 0.0593. The first kappa shape index (κ1) is 17.9. The topological polar surface area (TPSA) is 87.9 Å². The molecule has 154 valence electrons. The second-order valence-electron chi connectivity index (χ2n) is 9.21. The van der Waals surface area contributed by atoms with Crippen molar-refractivity contribution in [3.8, 4) is 11.3 Å². The number of nitrogens with zero attached hydrogens (tertiary/aromatic N) is 4. The Morgan fingerprint density at radius 2 is 2.17 bits per heavy atom. The molecule has 2 saturated carbocycles. The number of amides is 1. The zero-order valence-corrected chi connectivity index (χ0v) is 17.1. The third-order valence-corrected chi connectivity index (χ3v) is 7.13. The quantitative estimate of drug-likeness (QED) is 0.710. The normalized spacial score (nSPS) is 22.4. The van der Waals surface area contributed by atoms with E-state index in [1.54, 1.807) is 0 Å². The van der Waals surface area contributed by atoms with Crippen LogP contribution in [0.4, 0.5) is 0 Å². The molecule has 7 nitrogen and oxygen atoms in total. The van der Waals surface area contributed by atoms with Crippen molar-refractivity contribution in [1.82, 2.24) is 25.1 Å². The van der Waals surface area contributed by atoms with Crippen LogP contribution in [0, 0.1) is 12.3 Å². The monoisotopic (exact) mass is 403 g/mol. The van der Waals surface area contributed by atoms with Gasteiger partial charge in [0, 0.05) is 30.5 Å². The molecule has 1 spiro atoms. The maximum atomic E-state index is 13.5. The van der Waals surface area contributed by atoms with Crippen LogP contribution in [0.5, 0.6) is 0 Å². The summed E-state index contributed by atoms with van der Waals surface area (Å²) in [6.45, 7) is 3.43. The molecule has 3 aliphatic rings. The van der Waals surface area contributed by atoms with Gasteiger partial charge in [0.25, 0.3) is 5.91 Å². The minimum atomic E-state index is -0.0593. The van der Waals surface area contributed by atoms with Gasteiger partial charge in [-0.05, 0) is 44.1 Å². The minimum Gasteiger partial charge on any atom is -0.443 e. The van der Waals surface area contributed by atoms with Gasteiger partial charge in [-0.3, -0.25) is 9.89 Å². The molecule has 1 unspecified atom stereocenters. The molecule has 3 aromatic rings. The third-order valence-electron chi connectivity index (χ3n) is 7.13. The first-order valence-electron chi connectivity index (χ1n) is 10.8. The Morgan fingerprint density at radius 1 is 1.30 bits per heavy atom. The molecule has 30 heavy (non-hydrogen) atoms. The third kappa shape index (κ3) is 2.79. The average Bonchev–Trinajstić information content (AvgIpc) is 3.15. The van der Waals surface area contributed by atoms with Crippen LogP contribution in [-0.2, 0) is 0 Å². The van der Waals surface area contributed by atoms with Crippen LogP contribution in [0.3, 0.4) is 0 Å². The highest BCUT2D eigenvalue weighted by Gasteiger charge is 2.53. The van der Waals surface area contributed by atoms with E-state index >= 15 is 0 Å². The molecule has 0 radical (unpaired) electrons. The van der Waals surface area contributed by atoms with Gasteiger partial charge in [-0.1, -0.05) is 30.2 Å². The Labute approximate surface area is 174 Å². The standard InChI is InChI=1S/C23H25N5O2/c1-14-4-2-5-16(10-14)19-18(24-13-30-19)22(29)28-11-17(23(12-28)8-3-9-23)21-25-20(26-27-21)15-6-7-15/h2,4-5,10,13,15,17H,3,6-9,11-12H2,1H3,(H,25,26,27). The molecule has 2 aliphatic carbocycles. The molecule has 3 heterocycles. The lowest BCUT2D eigenvalue weighted by Gasteiger charge is -2.41. The number of carbonyl (C=O) groups excluding carboxylic acids is 1. The number of rotatable bonds is 4. The summed E-state index contributed by atoms with van der Waals surface area (Å²) in [5.74, 6) is 3.12. The summed E-state index contributed by atoms with van der Waals surface area (Å²) >= 11 is 0. The fourth-order valence-corrected chi connectivity index (χ4v) is 5.14. The average molecular weight is 403 g/mol. The molecule has 1 N–H and O–H groups in total. The van der Waals surface area contributed by atoms with Crippen LogP contribution < -0.4 is 0 Å². The molecule has 1 atom stereocenters. The lowest BCUT2D eigenvalue weighted by atomic mass is 9.62. The smallest absolute Gasteiger partial charge is 0.276 e. The van der Waals surface area contributed by atoms with Crippen molar-refractivity contribution >= 4 is 5.91 Å². The van der Waals surface area contributed by atoms with E-state index in [-0.39, 0.29) is 17.2 Å². The van der Waals surface area contributed by atoms with Crippen molar-refractivity contribution in [2.75, 3.05) is 13.1 Å². The van der Waals surface area contributed by atoms with Gasteiger partial charge < -0.3 is 9.32 Å². The maximum Gasteiger partial charge on any atom is 0.276 e. The highest BCUT2D eigenvalue weighted by molar-refractivity contribution is 5.98. The molecule has 1 aliphatic heterocycles. The van der Waals surface area contributed by atoms with E-state index in [4.69, 9.17) is 9.40 Å². The first-order chi connectivity index (χ1) is 14.6. The van der Waals surface area contributed by atoms with Crippen molar-refractivity contribution in [3.05, 3.63) is 53.6 Å². The molecule has 6 rings (SSSR count). The molecular weight excluding hydrogens is 378 g/mol. The van der Waals surface area contributed by atoms with Crippen molar-refractivity contribution in [2.45, 2.75) is 50.9 Å². The van der Waals surface area contributed by atoms with Gasteiger partial charge in [-0.15, -0.1) is 0 Å². The van der Waals surface area contributed by atoms with Gasteiger partial charge in [-0.2, -0.15) is 5.10 Å². The van der Waals surface area contributed by atoms with Crippen LogP contribution in [0.2, 0.25) is 0 Å². The lowest BCUT2D eigenvalue weighted by molar-refractivity contribution is 0.0719. The Kier molecular flexibility index (Phi) is 3.88. The Hall–Kier alpha value is -2.96. The summed E-state index contributed by atoms with van der Waals surface area (Å²) in [6.07, 6.45) is 7.21. The Bertz CT molecular complexity index is 1110. The Morgan fingerprint density at radius 3 is 2.90 bits per heavy atom. The number of likely N-dealkylation sites (tertiary alicyclic amines) is 1. The van der Waals surface area contributed by atoms with Crippen LogP contribution in [0.25, 0.3) is 11.3 Å². The van der Waals surface area contributed by atoms with Crippen LogP contribution in [0.1, 0.15) is 71.6 Å². The van der Waals surface area contributed by atoms with Crippen molar-refractivity contribution in [2.24, 2.45) is 5.41 Å². The number of nitrogens with one attached hydrogen (secondary N) is 1. The summed E-state index contributed by atoms with van der Waals surface area (Å²) in [5, 5.41) is 7.66. The predicted molar refractivity (Wildman–Crippen MR) is 110 cm³/mol. The van der Waals surface area contributed by atoms with E-state index < -0.39 is 0 Å². The van der Waals surface area contributed by atoms with Crippen LogP contribution in [-0.4, -0.2) is 44.1 Å². The van der Waals surface area contributed by atoms with E-state index in [2.05, 4.69) is 15.2 Å². The number of hydrogen-bond donors (Lipinski definition) is 1. The summed E-state index contributed by atoms with van der Waals surface area (Å²) in [5.41, 5.74) is 2.51. The fourth-order valence-electron chi connectivity index (χ4n) is 5.14. The molecule has 1 aromatic carbocycles. The Balaban J connectivity index is 1.29. The van der Waals surface area contributed by atoms with E-state index in [0.29, 0.717) is 23.9 Å². The second-order valence-corrected chi connectivity index (χ2v) is 9.21. The zero-order valence-electron chi connectivity index (χ0n) is 17.1. The van der Waals surface area contributed by atoms with Gasteiger partial charge in [0.2, 0.25) is 0 Å². The first-order valence-corrected chi connectivity index (χ1v) is 10.8. The molecule has 0 bridgehead atoms. The van der Waals surface area contributed by atoms with Gasteiger partial charge >= 0.3 is 0 Å². The van der Waals surface area contributed by atoms with E-state index in [1.165, 1.54) is 25.7 Å². The number of benzene rings is 1. The van der Waals surface area contributed by atoms with Crippen LogP contribution >= 0.6 is 0 Å². The fraction of sp³-hybridized carbons (Fsp3) is 0.478. The van der Waals surface area contributed by atoms with E-state index in [9.17, 15) is 4.79 Å². The number of carbonyl (C=O) groups is 1. The number of aromatic nitrogens is 4. The van der Waals surface area contributed by atoms with Gasteiger partial charge in [-0.25, -0.2) is 9.97 Å². The summed E-state index contributed by atoms with van der Waals surface area (Å²) < 4.78 is 5.64. The summed E-state index contributed by atoms with van der Waals surface area (Å²) in [4.78, 5) is 24.5.